The van der Waals surface area contributed by atoms with Gasteiger partial charge in [0.05, 0.1) is 11.1 Å². The lowest BCUT2D eigenvalue weighted by molar-refractivity contribution is -0.308. The maximum absolute atomic E-state index is 13.5. The first kappa shape index (κ1) is 23.6. The minimum Gasteiger partial charge on any atom is -0.426 e. The molecule has 4 rings (SSSR count). The van der Waals surface area contributed by atoms with Gasteiger partial charge in [-0.2, -0.15) is 36.5 Å². The molecule has 0 N–H and O–H groups in total. The second-order valence-electron chi connectivity index (χ2n) is 8.81. The van der Waals surface area contributed by atoms with Crippen LogP contribution in [-0.4, -0.2) is 75.6 Å². The number of rotatable bonds is 3. The van der Waals surface area contributed by atoms with Gasteiger partial charge in [0.2, 0.25) is 5.91 Å². The van der Waals surface area contributed by atoms with E-state index >= 15 is 0 Å². The highest BCUT2D eigenvalue weighted by Gasteiger charge is 2.61. The number of alkyl halides is 6. The summed E-state index contributed by atoms with van der Waals surface area (Å²) in [7, 11) is 0. The largest absolute Gasteiger partial charge is 0.434 e. The number of piperidine rings is 1. The quantitative estimate of drug-likeness (QED) is 0.619. The second-order valence-corrected chi connectivity index (χ2v) is 8.81. The Kier molecular flexibility index (Phi) is 5.72. The van der Waals surface area contributed by atoms with Crippen LogP contribution in [0, 0.1) is 0 Å². The maximum Gasteiger partial charge on any atom is 0.434 e. The van der Waals surface area contributed by atoms with Crippen molar-refractivity contribution in [3.63, 3.8) is 0 Å². The molecule has 3 fully saturated rings. The van der Waals surface area contributed by atoms with Gasteiger partial charge in [-0.1, -0.05) is 0 Å². The molecule has 1 saturated carbocycles. The van der Waals surface area contributed by atoms with Crippen molar-refractivity contribution in [1.29, 1.82) is 0 Å². The van der Waals surface area contributed by atoms with Crippen molar-refractivity contribution in [2.45, 2.75) is 67.9 Å². The van der Waals surface area contributed by atoms with Gasteiger partial charge in [-0.15, -0.1) is 0 Å². The molecule has 1 aromatic heterocycles. The Morgan fingerprint density at radius 3 is 2.12 bits per heavy atom. The van der Waals surface area contributed by atoms with Crippen molar-refractivity contribution < 1.29 is 40.7 Å². The van der Waals surface area contributed by atoms with E-state index in [1.165, 1.54) is 6.20 Å². The SMILES string of the molecule is O=C(OC(C(F)(F)F)C(F)(F)F)N1CCC2(CCCN2C(=O)C2(c3cccnn3)CC2)CC1. The average Bonchev–Trinajstić information content (AvgIpc) is 3.47. The van der Waals surface area contributed by atoms with Gasteiger partial charge in [0.25, 0.3) is 6.10 Å². The van der Waals surface area contributed by atoms with E-state index in [1.807, 2.05) is 0 Å². The Bertz CT molecular complexity index is 881. The van der Waals surface area contributed by atoms with Gasteiger partial charge in [0.1, 0.15) is 0 Å². The summed E-state index contributed by atoms with van der Waals surface area (Å²) in [5.74, 6) is -0.0919. The van der Waals surface area contributed by atoms with Crippen molar-refractivity contribution in [1.82, 2.24) is 20.0 Å². The minimum absolute atomic E-state index is 0.0919. The van der Waals surface area contributed by atoms with Crippen LogP contribution in [0.3, 0.4) is 0 Å². The summed E-state index contributed by atoms with van der Waals surface area (Å²) < 4.78 is 80.1. The molecule has 1 spiro atoms. The van der Waals surface area contributed by atoms with Crippen molar-refractivity contribution in [2.75, 3.05) is 19.6 Å². The summed E-state index contributed by atoms with van der Waals surface area (Å²) in [6, 6.07) is 3.45. The molecule has 0 atom stereocenters. The number of likely N-dealkylation sites (tertiary alicyclic amines) is 2. The molecule has 1 aliphatic carbocycles. The summed E-state index contributed by atoms with van der Waals surface area (Å²) >= 11 is 0. The predicted octanol–water partition coefficient (Wildman–Crippen LogP) is 3.60. The van der Waals surface area contributed by atoms with Crippen LogP contribution in [0.4, 0.5) is 31.1 Å². The summed E-state index contributed by atoms with van der Waals surface area (Å²) in [5, 5.41) is 7.94. The fourth-order valence-electron chi connectivity index (χ4n) is 4.89. The van der Waals surface area contributed by atoms with Gasteiger partial charge in [-0.25, -0.2) is 4.79 Å². The Balaban J connectivity index is 1.43. The summed E-state index contributed by atoms with van der Waals surface area (Å²) in [4.78, 5) is 28.2. The molecule has 2 amide bonds. The highest BCUT2D eigenvalue weighted by Crippen LogP contribution is 2.52. The third kappa shape index (κ3) is 4.33. The molecule has 0 radical (unpaired) electrons. The zero-order valence-electron chi connectivity index (χ0n) is 17.5. The standard InChI is InChI=1S/C20H22F6N4O3/c21-19(22,23)14(20(24,25)26)33-16(32)29-11-7-17(8-12-29)4-2-10-30(17)15(31)18(5-6-18)13-3-1-9-27-28-13/h1,3,9,14H,2,4-8,10-12H2. The molecule has 0 aromatic carbocycles. The molecule has 0 unspecified atom stereocenters. The van der Waals surface area contributed by atoms with E-state index in [4.69, 9.17) is 0 Å². The Hall–Kier alpha value is -2.60. The third-order valence-corrected chi connectivity index (χ3v) is 6.83. The Labute approximate surface area is 185 Å². The molecule has 2 saturated heterocycles. The Morgan fingerprint density at radius 1 is 0.970 bits per heavy atom. The fourth-order valence-corrected chi connectivity index (χ4v) is 4.89. The van der Waals surface area contributed by atoms with Gasteiger partial charge >= 0.3 is 18.4 Å². The topological polar surface area (TPSA) is 75.6 Å². The number of ether oxygens (including phenoxy) is 1. The number of aromatic nitrogens is 2. The summed E-state index contributed by atoms with van der Waals surface area (Å²) in [6.45, 7) is 0.280. The molecule has 13 heteroatoms. The van der Waals surface area contributed by atoms with E-state index in [0.717, 1.165) is 11.3 Å². The van der Waals surface area contributed by atoms with Gasteiger partial charge < -0.3 is 14.5 Å². The number of halogens is 6. The number of amides is 2. The minimum atomic E-state index is -5.77. The number of nitrogens with zero attached hydrogens (tertiary/aromatic N) is 4. The second kappa shape index (κ2) is 8.01. The van der Waals surface area contributed by atoms with Crippen LogP contribution in [0.1, 0.15) is 44.2 Å². The number of hydrogen-bond acceptors (Lipinski definition) is 5. The molecule has 0 bridgehead atoms. The van der Waals surface area contributed by atoms with Gasteiger partial charge in [-0.3, -0.25) is 4.79 Å². The molecule has 33 heavy (non-hydrogen) atoms. The number of hydrogen-bond donors (Lipinski definition) is 0. The molecular weight excluding hydrogens is 458 g/mol. The van der Waals surface area contributed by atoms with Crippen molar-refractivity contribution >= 4 is 12.0 Å². The van der Waals surface area contributed by atoms with Crippen LogP contribution in [0.15, 0.2) is 18.3 Å². The lowest BCUT2D eigenvalue weighted by Gasteiger charge is -2.45. The van der Waals surface area contributed by atoms with Gasteiger partial charge in [0, 0.05) is 31.4 Å². The first-order valence-electron chi connectivity index (χ1n) is 10.6. The van der Waals surface area contributed by atoms with Crippen molar-refractivity contribution in [3.05, 3.63) is 24.0 Å². The van der Waals surface area contributed by atoms with E-state index in [9.17, 15) is 35.9 Å². The lowest BCUT2D eigenvalue weighted by Crippen LogP contribution is -2.57. The normalized spacial score (nSPS) is 22.0. The summed E-state index contributed by atoms with van der Waals surface area (Å²) in [5.41, 5.74) is -0.753. The summed E-state index contributed by atoms with van der Waals surface area (Å²) in [6.07, 6.45) is -12.8. The lowest BCUT2D eigenvalue weighted by atomic mass is 9.84. The highest BCUT2D eigenvalue weighted by atomic mass is 19.4. The van der Waals surface area contributed by atoms with Gasteiger partial charge in [-0.05, 0) is 50.7 Å². The number of carbonyl (C=O) groups is 2. The van der Waals surface area contributed by atoms with E-state index in [0.29, 0.717) is 31.5 Å². The van der Waals surface area contributed by atoms with E-state index in [-0.39, 0.29) is 31.8 Å². The average molecular weight is 480 g/mol. The monoisotopic (exact) mass is 480 g/mol. The molecular formula is C20H22F6N4O3. The molecule has 3 heterocycles. The fraction of sp³-hybridized carbons (Fsp3) is 0.700. The van der Waals surface area contributed by atoms with Crippen LogP contribution >= 0.6 is 0 Å². The zero-order valence-corrected chi connectivity index (χ0v) is 17.5. The van der Waals surface area contributed by atoms with Crippen LogP contribution in [0.25, 0.3) is 0 Å². The van der Waals surface area contributed by atoms with E-state index < -0.39 is 35.5 Å². The molecule has 7 nitrogen and oxygen atoms in total. The van der Waals surface area contributed by atoms with Crippen LogP contribution < -0.4 is 0 Å². The molecule has 1 aromatic rings. The van der Waals surface area contributed by atoms with Crippen molar-refractivity contribution in [3.8, 4) is 0 Å². The highest BCUT2D eigenvalue weighted by molar-refractivity contribution is 5.91. The third-order valence-electron chi connectivity index (χ3n) is 6.83. The van der Waals surface area contributed by atoms with Crippen molar-refractivity contribution in [2.24, 2.45) is 0 Å². The first-order valence-corrected chi connectivity index (χ1v) is 10.6. The van der Waals surface area contributed by atoms with E-state index in [2.05, 4.69) is 14.9 Å². The van der Waals surface area contributed by atoms with Gasteiger partial charge in [0.15, 0.2) is 0 Å². The number of carbonyl (C=O) groups excluding carboxylic acids is 2. The molecule has 3 aliphatic rings. The Morgan fingerprint density at radius 2 is 1.61 bits per heavy atom. The zero-order chi connectivity index (χ0) is 24.1. The molecule has 2 aliphatic heterocycles. The van der Waals surface area contributed by atoms with Crippen LogP contribution in [-0.2, 0) is 14.9 Å². The van der Waals surface area contributed by atoms with E-state index in [1.54, 1.807) is 17.0 Å². The van der Waals surface area contributed by atoms with Crippen LogP contribution in [0.2, 0.25) is 0 Å². The van der Waals surface area contributed by atoms with Crippen LogP contribution in [0.5, 0.6) is 0 Å². The first-order chi connectivity index (χ1) is 15.4. The molecule has 182 valence electrons. The maximum atomic E-state index is 13.5. The predicted molar refractivity (Wildman–Crippen MR) is 99.8 cm³/mol. The smallest absolute Gasteiger partial charge is 0.426 e.